The molecule has 2 N–H and O–H groups in total. The first-order chi connectivity index (χ1) is 7.63. The first-order valence-corrected chi connectivity index (χ1v) is 6.19. The maximum Gasteiger partial charge on any atom is 0.323 e. The topological polar surface area (TPSA) is 65.2 Å². The van der Waals surface area contributed by atoms with Gasteiger partial charge in [0.15, 0.2) is 0 Å². The molecule has 1 aromatic rings. The number of halogens is 1. The van der Waals surface area contributed by atoms with E-state index in [1.54, 1.807) is 6.07 Å². The highest BCUT2D eigenvalue weighted by Gasteiger charge is 2.13. The van der Waals surface area contributed by atoms with Crippen molar-refractivity contribution in [3.8, 4) is 0 Å². The fraction of sp³-hybridized carbons (Fsp3) is 0.400. The van der Waals surface area contributed by atoms with E-state index in [4.69, 9.17) is 17.3 Å². The number of ether oxygens (including phenoxy) is 1. The molecule has 0 aliphatic carbocycles. The average molecular weight is 261 g/mol. The van der Waals surface area contributed by atoms with Crippen LogP contribution in [-0.4, -0.2) is 29.9 Å². The number of methoxy groups -OCH3 is 1. The van der Waals surface area contributed by atoms with Crippen LogP contribution in [0.2, 0.25) is 5.15 Å². The normalized spacial score (nSPS) is 12.2. The van der Waals surface area contributed by atoms with Crippen LogP contribution in [0.15, 0.2) is 18.2 Å². The van der Waals surface area contributed by atoms with Crippen LogP contribution >= 0.6 is 23.4 Å². The van der Waals surface area contributed by atoms with Gasteiger partial charge in [-0.3, -0.25) is 4.79 Å². The Bertz CT molecular complexity index is 362. The number of rotatable bonds is 5. The summed E-state index contributed by atoms with van der Waals surface area (Å²) in [5, 5.41) is 0.468. The minimum absolute atomic E-state index is 0.397. The molecule has 4 nitrogen and oxygen atoms in total. The molecule has 0 saturated heterocycles. The molecular weight excluding hydrogens is 248 g/mol. The maximum absolute atomic E-state index is 11.0. The first-order valence-electron chi connectivity index (χ1n) is 4.66. The van der Waals surface area contributed by atoms with Crippen LogP contribution in [0.25, 0.3) is 0 Å². The number of pyridine rings is 1. The summed E-state index contributed by atoms with van der Waals surface area (Å²) >= 11 is 7.26. The molecule has 0 aliphatic heterocycles. The minimum Gasteiger partial charge on any atom is -0.468 e. The largest absolute Gasteiger partial charge is 0.468 e. The first kappa shape index (κ1) is 13.3. The van der Waals surface area contributed by atoms with E-state index in [1.807, 2.05) is 12.1 Å². The molecular formula is C10H13ClN2O2S. The second-order valence-electron chi connectivity index (χ2n) is 3.10. The lowest BCUT2D eigenvalue weighted by atomic mass is 10.4. The van der Waals surface area contributed by atoms with Gasteiger partial charge in [-0.1, -0.05) is 17.7 Å². The van der Waals surface area contributed by atoms with Crippen LogP contribution in [0.3, 0.4) is 0 Å². The molecule has 1 aromatic heterocycles. The molecule has 0 fully saturated rings. The van der Waals surface area contributed by atoms with Gasteiger partial charge in [0.25, 0.3) is 0 Å². The van der Waals surface area contributed by atoms with Crippen molar-refractivity contribution in [2.45, 2.75) is 11.8 Å². The predicted molar refractivity (Wildman–Crippen MR) is 65.4 cm³/mol. The van der Waals surface area contributed by atoms with E-state index in [9.17, 15) is 4.79 Å². The third-order valence-corrected chi connectivity index (χ3v) is 3.13. The molecule has 0 saturated carbocycles. The number of esters is 1. The summed E-state index contributed by atoms with van der Waals surface area (Å²) in [6, 6.07) is 4.85. The van der Waals surface area contributed by atoms with Gasteiger partial charge in [0.1, 0.15) is 11.2 Å². The maximum atomic E-state index is 11.0. The standard InChI is InChI=1S/C10H13ClN2O2S/c1-15-10(14)8(12)6-16-5-7-3-2-4-9(11)13-7/h2-4,8H,5-6,12H2,1H3. The Labute approximate surface area is 104 Å². The number of hydrogen-bond donors (Lipinski definition) is 1. The number of nitrogens with zero attached hydrogens (tertiary/aromatic N) is 1. The summed E-state index contributed by atoms with van der Waals surface area (Å²) in [6.45, 7) is 0. The summed E-state index contributed by atoms with van der Waals surface area (Å²) in [7, 11) is 1.32. The van der Waals surface area contributed by atoms with Crippen LogP contribution in [0.4, 0.5) is 0 Å². The monoisotopic (exact) mass is 260 g/mol. The molecule has 16 heavy (non-hydrogen) atoms. The summed E-state index contributed by atoms with van der Waals surface area (Å²) in [5.74, 6) is 0.776. The fourth-order valence-electron chi connectivity index (χ4n) is 1.04. The second-order valence-corrected chi connectivity index (χ2v) is 4.51. The summed E-state index contributed by atoms with van der Waals surface area (Å²) in [5.41, 5.74) is 6.45. The van der Waals surface area contributed by atoms with Gasteiger partial charge in [-0.25, -0.2) is 4.98 Å². The lowest BCUT2D eigenvalue weighted by molar-refractivity contribution is -0.141. The predicted octanol–water partition coefficient (Wildman–Crippen LogP) is 1.47. The number of carbonyl (C=O) groups is 1. The van der Waals surface area contributed by atoms with Gasteiger partial charge in [0.05, 0.1) is 12.8 Å². The molecule has 1 rings (SSSR count). The van der Waals surface area contributed by atoms with Crippen LogP contribution in [0, 0.1) is 0 Å². The van der Waals surface area contributed by atoms with Crippen LogP contribution in [-0.2, 0) is 15.3 Å². The zero-order chi connectivity index (χ0) is 12.0. The Morgan fingerprint density at radius 1 is 1.69 bits per heavy atom. The van der Waals surface area contributed by atoms with Crippen molar-refractivity contribution >= 4 is 29.3 Å². The Morgan fingerprint density at radius 3 is 3.06 bits per heavy atom. The van der Waals surface area contributed by atoms with Gasteiger partial charge in [0, 0.05) is 11.5 Å². The molecule has 0 amide bonds. The van der Waals surface area contributed by atoms with Crippen LogP contribution in [0.5, 0.6) is 0 Å². The van der Waals surface area contributed by atoms with Crippen molar-refractivity contribution in [1.29, 1.82) is 0 Å². The molecule has 0 radical (unpaired) electrons. The zero-order valence-corrected chi connectivity index (χ0v) is 10.4. The van der Waals surface area contributed by atoms with Crippen molar-refractivity contribution in [3.05, 3.63) is 29.0 Å². The number of aromatic nitrogens is 1. The van der Waals surface area contributed by atoms with E-state index in [-0.39, 0.29) is 0 Å². The Balaban J connectivity index is 2.33. The number of thioether (sulfide) groups is 1. The minimum atomic E-state index is -0.589. The van der Waals surface area contributed by atoms with Gasteiger partial charge >= 0.3 is 5.97 Å². The smallest absolute Gasteiger partial charge is 0.323 e. The highest BCUT2D eigenvalue weighted by Crippen LogP contribution is 2.13. The lowest BCUT2D eigenvalue weighted by Gasteiger charge is -2.08. The van der Waals surface area contributed by atoms with E-state index >= 15 is 0 Å². The highest BCUT2D eigenvalue weighted by atomic mass is 35.5. The molecule has 0 bridgehead atoms. The molecule has 1 unspecified atom stereocenters. The highest BCUT2D eigenvalue weighted by molar-refractivity contribution is 7.98. The third-order valence-electron chi connectivity index (χ3n) is 1.82. The molecule has 0 spiro atoms. The molecule has 0 aliphatic rings. The number of carbonyl (C=O) groups excluding carboxylic acids is 1. The molecule has 1 atom stereocenters. The van der Waals surface area contributed by atoms with Crippen molar-refractivity contribution in [2.24, 2.45) is 5.73 Å². The second kappa shape index (κ2) is 6.73. The Morgan fingerprint density at radius 2 is 2.44 bits per heavy atom. The van der Waals surface area contributed by atoms with Crippen LogP contribution in [0.1, 0.15) is 5.69 Å². The Kier molecular flexibility index (Phi) is 5.59. The van der Waals surface area contributed by atoms with Gasteiger partial charge in [-0.05, 0) is 12.1 Å². The molecule has 88 valence electrons. The summed E-state index contributed by atoms with van der Waals surface area (Å²) in [6.07, 6.45) is 0. The fourth-order valence-corrected chi connectivity index (χ4v) is 2.10. The Hall–Kier alpha value is -0.780. The quantitative estimate of drug-likeness (QED) is 0.642. The van der Waals surface area contributed by atoms with Gasteiger partial charge in [-0.15, -0.1) is 0 Å². The number of nitrogens with two attached hydrogens (primary N) is 1. The lowest BCUT2D eigenvalue weighted by Crippen LogP contribution is -2.33. The molecule has 1 heterocycles. The van der Waals surface area contributed by atoms with Crippen molar-refractivity contribution in [1.82, 2.24) is 4.98 Å². The van der Waals surface area contributed by atoms with Gasteiger partial charge in [0.2, 0.25) is 0 Å². The van der Waals surface area contributed by atoms with Gasteiger partial charge < -0.3 is 10.5 Å². The van der Waals surface area contributed by atoms with Crippen molar-refractivity contribution in [3.63, 3.8) is 0 Å². The van der Waals surface area contributed by atoms with E-state index in [1.165, 1.54) is 18.9 Å². The van der Waals surface area contributed by atoms with E-state index in [2.05, 4.69) is 9.72 Å². The molecule has 6 heteroatoms. The zero-order valence-electron chi connectivity index (χ0n) is 8.85. The van der Waals surface area contributed by atoms with Crippen molar-refractivity contribution < 1.29 is 9.53 Å². The van der Waals surface area contributed by atoms with E-state index in [0.717, 1.165) is 5.69 Å². The van der Waals surface area contributed by atoms with Crippen molar-refractivity contribution in [2.75, 3.05) is 12.9 Å². The molecule has 0 aromatic carbocycles. The van der Waals surface area contributed by atoms with Crippen LogP contribution < -0.4 is 5.73 Å². The summed E-state index contributed by atoms with van der Waals surface area (Å²) < 4.78 is 4.52. The SMILES string of the molecule is COC(=O)C(N)CSCc1cccc(Cl)n1. The van der Waals surface area contributed by atoms with Gasteiger partial charge in [-0.2, -0.15) is 11.8 Å². The number of hydrogen-bond acceptors (Lipinski definition) is 5. The third kappa shape index (κ3) is 4.38. The summed E-state index contributed by atoms with van der Waals surface area (Å²) in [4.78, 5) is 15.1. The van der Waals surface area contributed by atoms with E-state index < -0.39 is 12.0 Å². The van der Waals surface area contributed by atoms with E-state index in [0.29, 0.717) is 16.7 Å². The average Bonchev–Trinajstić information content (AvgIpc) is 2.28.